The van der Waals surface area contributed by atoms with Crippen LogP contribution in [0.2, 0.25) is 5.02 Å². The maximum absolute atomic E-state index is 10.7. The molecule has 1 heterocycles. The van der Waals surface area contributed by atoms with E-state index in [2.05, 4.69) is 18.8 Å². The Labute approximate surface area is 114 Å². The standard InChI is InChI=1S/C15H22ClNO/c1-11(2)12-3-6-15(18,7-4-12)9-13-5-8-17-10-14(13)16/h5,8,10-12,18H,3-4,6-7,9H2,1-2H3. The van der Waals surface area contributed by atoms with Crippen LogP contribution in [0.25, 0.3) is 0 Å². The molecule has 0 unspecified atom stereocenters. The molecule has 0 atom stereocenters. The third kappa shape index (κ3) is 3.24. The summed E-state index contributed by atoms with van der Waals surface area (Å²) >= 11 is 6.11. The van der Waals surface area contributed by atoms with Gasteiger partial charge in [-0.05, 0) is 49.1 Å². The Balaban J connectivity index is 2.00. The second-order valence-electron chi connectivity index (χ2n) is 5.95. The average Bonchev–Trinajstić information content (AvgIpc) is 2.32. The van der Waals surface area contributed by atoms with E-state index >= 15 is 0 Å². The fraction of sp³-hybridized carbons (Fsp3) is 0.667. The highest BCUT2D eigenvalue weighted by atomic mass is 35.5. The summed E-state index contributed by atoms with van der Waals surface area (Å²) in [5.74, 6) is 1.48. The summed E-state index contributed by atoms with van der Waals surface area (Å²) in [6.07, 6.45) is 8.06. The van der Waals surface area contributed by atoms with E-state index in [1.165, 1.54) is 0 Å². The Morgan fingerprint density at radius 3 is 2.67 bits per heavy atom. The van der Waals surface area contributed by atoms with Gasteiger partial charge in [-0.2, -0.15) is 0 Å². The quantitative estimate of drug-likeness (QED) is 0.902. The van der Waals surface area contributed by atoms with E-state index in [-0.39, 0.29) is 0 Å². The third-order valence-electron chi connectivity index (χ3n) is 4.28. The van der Waals surface area contributed by atoms with Crippen molar-refractivity contribution in [1.29, 1.82) is 0 Å². The van der Waals surface area contributed by atoms with E-state index in [4.69, 9.17) is 11.6 Å². The lowest BCUT2D eigenvalue weighted by molar-refractivity contribution is -0.0146. The molecule has 2 rings (SSSR count). The van der Waals surface area contributed by atoms with Gasteiger partial charge < -0.3 is 5.11 Å². The van der Waals surface area contributed by atoms with Crippen molar-refractivity contribution < 1.29 is 5.11 Å². The SMILES string of the molecule is CC(C)C1CCC(O)(Cc2ccncc2Cl)CC1. The normalized spacial score (nSPS) is 28.6. The van der Waals surface area contributed by atoms with Crippen LogP contribution in [0, 0.1) is 11.8 Å². The molecule has 1 aromatic rings. The molecule has 0 saturated heterocycles. The largest absolute Gasteiger partial charge is 0.390 e. The van der Waals surface area contributed by atoms with E-state index in [0.29, 0.717) is 11.4 Å². The molecule has 1 aromatic heterocycles. The van der Waals surface area contributed by atoms with Crippen LogP contribution in [0.5, 0.6) is 0 Å². The van der Waals surface area contributed by atoms with Crippen molar-refractivity contribution in [1.82, 2.24) is 4.98 Å². The zero-order chi connectivity index (χ0) is 13.2. The van der Waals surface area contributed by atoms with Gasteiger partial charge in [0.1, 0.15) is 0 Å². The molecule has 3 heteroatoms. The monoisotopic (exact) mass is 267 g/mol. The van der Waals surface area contributed by atoms with E-state index in [0.717, 1.165) is 43.1 Å². The topological polar surface area (TPSA) is 33.1 Å². The van der Waals surface area contributed by atoms with Crippen molar-refractivity contribution in [2.45, 2.75) is 51.6 Å². The van der Waals surface area contributed by atoms with Crippen LogP contribution in [-0.2, 0) is 6.42 Å². The number of nitrogens with zero attached hydrogens (tertiary/aromatic N) is 1. The van der Waals surface area contributed by atoms with Crippen molar-refractivity contribution in [2.24, 2.45) is 11.8 Å². The van der Waals surface area contributed by atoms with Crippen LogP contribution >= 0.6 is 11.6 Å². The maximum atomic E-state index is 10.7. The Bertz CT molecular complexity index is 397. The van der Waals surface area contributed by atoms with Crippen molar-refractivity contribution in [3.8, 4) is 0 Å². The van der Waals surface area contributed by atoms with Gasteiger partial charge in [-0.15, -0.1) is 0 Å². The van der Waals surface area contributed by atoms with Gasteiger partial charge in [-0.3, -0.25) is 4.98 Å². The Kier molecular flexibility index (Phi) is 4.29. The van der Waals surface area contributed by atoms with Crippen molar-refractivity contribution in [3.05, 3.63) is 29.0 Å². The van der Waals surface area contributed by atoms with Crippen LogP contribution in [0.1, 0.15) is 45.1 Å². The van der Waals surface area contributed by atoms with Gasteiger partial charge in [0.2, 0.25) is 0 Å². The molecular formula is C15H22ClNO. The van der Waals surface area contributed by atoms with Crippen molar-refractivity contribution in [3.63, 3.8) is 0 Å². The first-order valence-corrected chi connectivity index (χ1v) is 7.19. The number of pyridine rings is 1. The minimum atomic E-state index is -0.573. The van der Waals surface area contributed by atoms with E-state index in [9.17, 15) is 5.11 Å². The van der Waals surface area contributed by atoms with Crippen LogP contribution in [-0.4, -0.2) is 15.7 Å². The van der Waals surface area contributed by atoms with Gasteiger partial charge in [-0.25, -0.2) is 0 Å². The van der Waals surface area contributed by atoms with Crippen LogP contribution in [0.3, 0.4) is 0 Å². The fourth-order valence-electron chi connectivity index (χ4n) is 2.92. The number of aromatic nitrogens is 1. The number of rotatable bonds is 3. The van der Waals surface area contributed by atoms with E-state index in [1.54, 1.807) is 12.4 Å². The molecule has 100 valence electrons. The van der Waals surface area contributed by atoms with Gasteiger partial charge in [0.15, 0.2) is 0 Å². The minimum absolute atomic E-state index is 0.573. The van der Waals surface area contributed by atoms with Crippen LogP contribution in [0.15, 0.2) is 18.5 Å². The number of hydrogen-bond acceptors (Lipinski definition) is 2. The minimum Gasteiger partial charge on any atom is -0.390 e. The molecule has 0 bridgehead atoms. The number of aliphatic hydroxyl groups is 1. The van der Waals surface area contributed by atoms with Crippen LogP contribution in [0.4, 0.5) is 0 Å². The smallest absolute Gasteiger partial charge is 0.0688 e. The average molecular weight is 268 g/mol. The zero-order valence-corrected chi connectivity index (χ0v) is 12.0. The molecule has 1 aliphatic rings. The second kappa shape index (κ2) is 5.58. The van der Waals surface area contributed by atoms with Crippen molar-refractivity contribution in [2.75, 3.05) is 0 Å². The highest BCUT2D eigenvalue weighted by molar-refractivity contribution is 6.31. The molecular weight excluding hydrogens is 246 g/mol. The summed E-state index contributed by atoms with van der Waals surface area (Å²) in [5.41, 5.74) is 0.438. The maximum Gasteiger partial charge on any atom is 0.0688 e. The van der Waals surface area contributed by atoms with Gasteiger partial charge in [0.25, 0.3) is 0 Å². The summed E-state index contributed by atoms with van der Waals surface area (Å²) < 4.78 is 0. The Morgan fingerprint density at radius 2 is 2.11 bits per heavy atom. The highest BCUT2D eigenvalue weighted by Gasteiger charge is 2.34. The third-order valence-corrected chi connectivity index (χ3v) is 4.62. The number of hydrogen-bond donors (Lipinski definition) is 1. The van der Waals surface area contributed by atoms with E-state index in [1.807, 2.05) is 6.07 Å². The predicted octanol–water partition coefficient (Wildman–Crippen LogP) is 3.85. The number of halogens is 1. The highest BCUT2D eigenvalue weighted by Crippen LogP contribution is 2.38. The molecule has 0 amide bonds. The molecule has 1 aliphatic carbocycles. The zero-order valence-electron chi connectivity index (χ0n) is 11.2. The van der Waals surface area contributed by atoms with E-state index < -0.39 is 5.60 Å². The Hall–Kier alpha value is -0.600. The molecule has 18 heavy (non-hydrogen) atoms. The lowest BCUT2D eigenvalue weighted by atomic mass is 9.72. The first-order chi connectivity index (χ1) is 8.50. The van der Waals surface area contributed by atoms with Gasteiger partial charge in [0, 0.05) is 18.8 Å². The summed E-state index contributed by atoms with van der Waals surface area (Å²) in [6, 6.07) is 1.91. The van der Waals surface area contributed by atoms with Gasteiger partial charge in [0.05, 0.1) is 10.6 Å². The molecule has 1 fully saturated rings. The molecule has 0 aliphatic heterocycles. The lowest BCUT2D eigenvalue weighted by Crippen LogP contribution is -2.37. The summed E-state index contributed by atoms with van der Waals surface area (Å²) in [4.78, 5) is 3.98. The fourth-order valence-corrected chi connectivity index (χ4v) is 3.11. The van der Waals surface area contributed by atoms with Gasteiger partial charge >= 0.3 is 0 Å². The molecule has 1 N–H and O–H groups in total. The lowest BCUT2D eigenvalue weighted by Gasteiger charge is -2.37. The summed E-state index contributed by atoms with van der Waals surface area (Å²) in [6.45, 7) is 4.55. The van der Waals surface area contributed by atoms with Crippen LogP contribution < -0.4 is 0 Å². The second-order valence-corrected chi connectivity index (χ2v) is 6.36. The summed E-state index contributed by atoms with van der Waals surface area (Å²) in [7, 11) is 0. The first-order valence-electron chi connectivity index (χ1n) is 6.81. The Morgan fingerprint density at radius 1 is 1.44 bits per heavy atom. The molecule has 2 nitrogen and oxygen atoms in total. The van der Waals surface area contributed by atoms with Crippen molar-refractivity contribution >= 4 is 11.6 Å². The molecule has 0 radical (unpaired) electrons. The van der Waals surface area contributed by atoms with Gasteiger partial charge in [-0.1, -0.05) is 25.4 Å². The molecule has 0 spiro atoms. The molecule has 1 saturated carbocycles. The first kappa shape index (κ1) is 13.8. The molecule has 0 aromatic carbocycles. The predicted molar refractivity (Wildman–Crippen MR) is 74.7 cm³/mol. The summed E-state index contributed by atoms with van der Waals surface area (Å²) in [5, 5.41) is 11.3.